The maximum atomic E-state index is 13.1. The summed E-state index contributed by atoms with van der Waals surface area (Å²) in [6.07, 6.45) is 5.34. The molecule has 1 amide bonds. The van der Waals surface area contributed by atoms with Crippen LogP contribution in [0, 0.1) is 5.92 Å². The maximum Gasteiger partial charge on any atom is 0.332 e. The van der Waals surface area contributed by atoms with Gasteiger partial charge in [0.05, 0.1) is 24.9 Å². The zero-order valence-electron chi connectivity index (χ0n) is 21.2. The van der Waals surface area contributed by atoms with Gasteiger partial charge in [-0.05, 0) is 30.5 Å². The highest BCUT2D eigenvalue weighted by Crippen LogP contribution is 2.33. The third-order valence-corrected chi connectivity index (χ3v) is 6.81. The number of hydrogen-bond acceptors (Lipinski definition) is 6. The van der Waals surface area contributed by atoms with Crippen LogP contribution in [0.5, 0.6) is 5.75 Å². The molecule has 2 atom stereocenters. The number of aromatic amines is 1. The molecule has 194 valence electrons. The van der Waals surface area contributed by atoms with Crippen LogP contribution in [0.3, 0.4) is 0 Å². The molecular weight excluding hydrogens is 474 g/mol. The molecule has 11 nitrogen and oxygen atoms in total. The van der Waals surface area contributed by atoms with Crippen LogP contribution in [0.15, 0.2) is 46.2 Å². The second-order valence-corrected chi connectivity index (χ2v) is 9.37. The van der Waals surface area contributed by atoms with Gasteiger partial charge >= 0.3 is 5.69 Å². The topological polar surface area (TPSA) is 129 Å². The Balaban J connectivity index is 1.60. The fourth-order valence-electron chi connectivity index (χ4n) is 5.08. The first-order valence-electron chi connectivity index (χ1n) is 12.6. The van der Waals surface area contributed by atoms with Gasteiger partial charge in [-0.2, -0.15) is 5.10 Å². The maximum absolute atomic E-state index is 13.1. The van der Waals surface area contributed by atoms with E-state index in [-0.39, 0.29) is 29.1 Å². The van der Waals surface area contributed by atoms with E-state index in [0.717, 1.165) is 17.7 Å². The average molecular weight is 506 g/mol. The summed E-state index contributed by atoms with van der Waals surface area (Å²) in [6.45, 7) is 5.26. The first-order valence-corrected chi connectivity index (χ1v) is 12.6. The lowest BCUT2D eigenvalue weighted by Crippen LogP contribution is -2.40. The molecule has 1 aromatic carbocycles. The van der Waals surface area contributed by atoms with Crippen molar-refractivity contribution in [3.8, 4) is 17.1 Å². The van der Waals surface area contributed by atoms with Gasteiger partial charge in [0.25, 0.3) is 5.56 Å². The van der Waals surface area contributed by atoms with Gasteiger partial charge in [0.15, 0.2) is 5.65 Å². The molecule has 11 heteroatoms. The molecule has 0 radical (unpaired) electrons. The Hall–Kier alpha value is -4.15. The number of aromatic nitrogens is 6. The predicted molar refractivity (Wildman–Crippen MR) is 139 cm³/mol. The van der Waals surface area contributed by atoms with E-state index in [0.29, 0.717) is 55.0 Å². The van der Waals surface area contributed by atoms with Gasteiger partial charge in [0.1, 0.15) is 17.1 Å². The third kappa shape index (κ3) is 4.45. The Labute approximate surface area is 213 Å². The van der Waals surface area contributed by atoms with Crippen molar-refractivity contribution in [2.75, 3.05) is 13.7 Å². The van der Waals surface area contributed by atoms with Gasteiger partial charge in [-0.25, -0.2) is 9.78 Å². The number of carbonyl (C=O) groups is 1. The fraction of sp³-hybridized carbons (Fsp3) is 0.423. The summed E-state index contributed by atoms with van der Waals surface area (Å²) in [6, 6.07) is 7.53. The number of amides is 1. The van der Waals surface area contributed by atoms with Gasteiger partial charge in [0.2, 0.25) is 5.91 Å². The van der Waals surface area contributed by atoms with Gasteiger partial charge in [0, 0.05) is 38.2 Å². The van der Waals surface area contributed by atoms with E-state index in [1.807, 2.05) is 49.0 Å². The minimum Gasteiger partial charge on any atom is -0.497 e. The standard InChI is InChI=1S/C26H31N7O4/c1-4-9-31-24-21(25(35)32(10-5-2)26(31)36)29-23(30-24)18-14-28-33(15-18)22(17-12-20(34)27-13-17)16-7-6-8-19(11-16)37-3/h6-8,11,14-15,17,22H,4-5,9-10,12-13H2,1-3H3,(H,27,34)(H,29,30). The molecule has 2 unspecified atom stereocenters. The summed E-state index contributed by atoms with van der Waals surface area (Å²) in [5.41, 5.74) is 1.59. The SMILES string of the molecule is CCCn1c(=O)c2[nH]c(-c3cnn(C(c4cccc(OC)c4)C4CNC(=O)C4)c3)nc2n(CCC)c1=O. The molecule has 1 saturated heterocycles. The van der Waals surface area contributed by atoms with Crippen LogP contribution in [0.1, 0.15) is 44.7 Å². The monoisotopic (exact) mass is 505 g/mol. The Morgan fingerprint density at radius 1 is 1.14 bits per heavy atom. The Morgan fingerprint density at radius 3 is 2.62 bits per heavy atom. The zero-order chi connectivity index (χ0) is 26.1. The molecular formula is C26H31N7O4. The number of aryl methyl sites for hydroxylation is 1. The number of nitrogens with zero attached hydrogens (tertiary/aromatic N) is 5. The highest BCUT2D eigenvalue weighted by Gasteiger charge is 2.33. The van der Waals surface area contributed by atoms with Gasteiger partial charge in [-0.15, -0.1) is 0 Å². The molecule has 2 N–H and O–H groups in total. The molecule has 4 heterocycles. The minimum absolute atomic E-state index is 0.000917. The fourth-order valence-corrected chi connectivity index (χ4v) is 5.08. The summed E-state index contributed by atoms with van der Waals surface area (Å²) < 4.78 is 10.1. The molecule has 0 aliphatic carbocycles. The Bertz CT molecular complexity index is 1560. The van der Waals surface area contributed by atoms with Crippen LogP contribution in [0.4, 0.5) is 0 Å². The molecule has 5 rings (SSSR count). The molecule has 37 heavy (non-hydrogen) atoms. The second-order valence-electron chi connectivity index (χ2n) is 9.37. The molecule has 0 spiro atoms. The second kappa shape index (κ2) is 10.1. The first-order chi connectivity index (χ1) is 17.9. The van der Waals surface area contributed by atoms with Crippen molar-refractivity contribution in [3.63, 3.8) is 0 Å². The summed E-state index contributed by atoms with van der Waals surface area (Å²) >= 11 is 0. The van der Waals surface area contributed by atoms with Crippen molar-refractivity contribution in [3.05, 3.63) is 63.1 Å². The number of ether oxygens (including phenoxy) is 1. The van der Waals surface area contributed by atoms with Crippen molar-refractivity contribution in [1.82, 2.24) is 34.2 Å². The predicted octanol–water partition coefficient (Wildman–Crippen LogP) is 2.30. The first kappa shape index (κ1) is 24.5. The Morgan fingerprint density at radius 2 is 1.92 bits per heavy atom. The van der Waals surface area contributed by atoms with Crippen molar-refractivity contribution in [1.29, 1.82) is 0 Å². The Kier molecular flexibility index (Phi) is 6.68. The number of methoxy groups -OCH3 is 1. The molecule has 0 bridgehead atoms. The molecule has 1 aliphatic rings. The van der Waals surface area contributed by atoms with E-state index < -0.39 is 0 Å². The normalized spacial score (nSPS) is 16.3. The number of carbonyl (C=O) groups excluding carboxylic acids is 1. The van der Waals surface area contributed by atoms with E-state index >= 15 is 0 Å². The van der Waals surface area contributed by atoms with Crippen LogP contribution in [0.2, 0.25) is 0 Å². The number of imidazole rings is 1. The van der Waals surface area contributed by atoms with Crippen molar-refractivity contribution in [2.24, 2.45) is 5.92 Å². The number of nitrogens with one attached hydrogen (secondary N) is 2. The van der Waals surface area contributed by atoms with Crippen LogP contribution in [-0.2, 0) is 17.9 Å². The van der Waals surface area contributed by atoms with Crippen LogP contribution < -0.4 is 21.3 Å². The number of hydrogen-bond donors (Lipinski definition) is 2. The minimum atomic E-state index is -0.370. The van der Waals surface area contributed by atoms with Crippen molar-refractivity contribution < 1.29 is 9.53 Å². The molecule has 3 aromatic heterocycles. The van der Waals surface area contributed by atoms with Crippen LogP contribution in [0.25, 0.3) is 22.6 Å². The number of H-pyrrole nitrogens is 1. The molecule has 1 aliphatic heterocycles. The van der Waals surface area contributed by atoms with Gasteiger partial charge in [-0.3, -0.25) is 23.4 Å². The highest BCUT2D eigenvalue weighted by molar-refractivity contribution is 5.78. The average Bonchev–Trinajstić information content (AvgIpc) is 3.65. The lowest BCUT2D eigenvalue weighted by molar-refractivity contribution is -0.119. The smallest absolute Gasteiger partial charge is 0.332 e. The van der Waals surface area contributed by atoms with Crippen LogP contribution in [-0.4, -0.2) is 48.4 Å². The lowest BCUT2D eigenvalue weighted by Gasteiger charge is -2.23. The van der Waals surface area contributed by atoms with Crippen LogP contribution >= 0.6 is 0 Å². The zero-order valence-corrected chi connectivity index (χ0v) is 21.2. The van der Waals surface area contributed by atoms with E-state index in [9.17, 15) is 14.4 Å². The van der Waals surface area contributed by atoms with E-state index in [1.54, 1.807) is 17.9 Å². The van der Waals surface area contributed by atoms with Crippen molar-refractivity contribution in [2.45, 2.75) is 52.2 Å². The molecule has 4 aromatic rings. The summed E-state index contributed by atoms with van der Waals surface area (Å²) in [5.74, 6) is 1.20. The largest absolute Gasteiger partial charge is 0.497 e. The molecule has 1 fully saturated rings. The summed E-state index contributed by atoms with van der Waals surface area (Å²) in [5, 5.41) is 7.56. The highest BCUT2D eigenvalue weighted by atomic mass is 16.5. The van der Waals surface area contributed by atoms with Gasteiger partial charge < -0.3 is 15.0 Å². The summed E-state index contributed by atoms with van der Waals surface area (Å²) in [4.78, 5) is 46.0. The number of rotatable bonds is 9. The quantitative estimate of drug-likeness (QED) is 0.359. The van der Waals surface area contributed by atoms with Crippen molar-refractivity contribution >= 4 is 17.1 Å². The molecule has 0 saturated carbocycles. The number of fused-ring (bicyclic) bond motifs is 1. The van der Waals surface area contributed by atoms with E-state index in [4.69, 9.17) is 4.74 Å². The van der Waals surface area contributed by atoms with E-state index in [2.05, 4.69) is 20.4 Å². The summed E-state index contributed by atoms with van der Waals surface area (Å²) in [7, 11) is 1.62. The van der Waals surface area contributed by atoms with Gasteiger partial charge in [-0.1, -0.05) is 26.0 Å². The number of benzene rings is 1. The van der Waals surface area contributed by atoms with E-state index in [1.165, 1.54) is 4.57 Å². The lowest BCUT2D eigenvalue weighted by atomic mass is 9.92. The third-order valence-electron chi connectivity index (χ3n) is 6.81.